The number of benzene rings is 1. The first-order valence-electron chi connectivity index (χ1n) is 7.50. The lowest BCUT2D eigenvalue weighted by molar-refractivity contribution is -0.0136. The van der Waals surface area contributed by atoms with Crippen molar-refractivity contribution < 1.29 is 14.3 Å². The highest BCUT2D eigenvalue weighted by Crippen LogP contribution is 2.26. The van der Waals surface area contributed by atoms with Crippen LogP contribution in [0.2, 0.25) is 0 Å². The second-order valence-electron chi connectivity index (χ2n) is 5.09. The summed E-state index contributed by atoms with van der Waals surface area (Å²) in [5.41, 5.74) is 0.593. The monoisotopic (exact) mass is 343 g/mol. The summed E-state index contributed by atoms with van der Waals surface area (Å²) in [7, 11) is 0. The molecular formula is C17H17N3O3S. The molecule has 124 valence electrons. The van der Waals surface area contributed by atoms with Gasteiger partial charge in [0.25, 0.3) is 0 Å². The van der Waals surface area contributed by atoms with Gasteiger partial charge in [-0.1, -0.05) is 18.1 Å². The zero-order chi connectivity index (χ0) is 16.8. The van der Waals surface area contributed by atoms with Crippen molar-refractivity contribution in [3.8, 4) is 18.1 Å². The summed E-state index contributed by atoms with van der Waals surface area (Å²) in [5, 5.41) is 5.66. The lowest BCUT2D eigenvalue weighted by Gasteiger charge is -2.32. The van der Waals surface area contributed by atoms with Crippen LogP contribution in [0.1, 0.15) is 11.1 Å². The van der Waals surface area contributed by atoms with Gasteiger partial charge in [-0.3, -0.25) is 0 Å². The smallest absolute Gasteiger partial charge is 0.322 e. The number of hydrogen-bond acceptors (Lipinski definition) is 5. The van der Waals surface area contributed by atoms with E-state index in [4.69, 9.17) is 15.9 Å². The Morgan fingerprint density at radius 1 is 1.54 bits per heavy atom. The van der Waals surface area contributed by atoms with Gasteiger partial charge in [-0.2, -0.15) is 0 Å². The Hall–Kier alpha value is -2.56. The normalized spacial score (nSPS) is 17.1. The third-order valence-corrected chi connectivity index (χ3v) is 4.39. The molecule has 0 saturated carbocycles. The van der Waals surface area contributed by atoms with E-state index in [2.05, 4.69) is 16.2 Å². The lowest BCUT2D eigenvalue weighted by atomic mass is 10.2. The zero-order valence-electron chi connectivity index (χ0n) is 13.0. The minimum absolute atomic E-state index is 0.149. The summed E-state index contributed by atoms with van der Waals surface area (Å²) in [6, 6.07) is 7.01. The number of para-hydroxylation sites is 2. The minimum Gasteiger partial charge on any atom is -0.479 e. The number of morpholine rings is 1. The van der Waals surface area contributed by atoms with Crippen LogP contribution in [0, 0.1) is 12.3 Å². The fraction of sp³-hybridized carbons (Fsp3) is 0.294. The van der Waals surface area contributed by atoms with Crippen LogP contribution in [0.5, 0.6) is 5.75 Å². The summed E-state index contributed by atoms with van der Waals surface area (Å²) in [4.78, 5) is 18.5. The number of aromatic nitrogens is 1. The summed E-state index contributed by atoms with van der Waals surface area (Å²) in [6.45, 7) is 1.62. The molecule has 0 spiro atoms. The molecule has 2 aromatic rings. The van der Waals surface area contributed by atoms with Gasteiger partial charge in [-0.15, -0.1) is 17.8 Å². The van der Waals surface area contributed by atoms with Crippen LogP contribution in [0.25, 0.3) is 0 Å². The van der Waals surface area contributed by atoms with Gasteiger partial charge in [-0.25, -0.2) is 9.78 Å². The second kappa shape index (κ2) is 7.81. The molecule has 0 unspecified atom stereocenters. The van der Waals surface area contributed by atoms with Crippen LogP contribution in [0.3, 0.4) is 0 Å². The van der Waals surface area contributed by atoms with Crippen LogP contribution < -0.4 is 10.1 Å². The van der Waals surface area contributed by atoms with E-state index in [0.29, 0.717) is 31.1 Å². The molecular weight excluding hydrogens is 326 g/mol. The molecule has 6 nitrogen and oxygen atoms in total. The Balaban J connectivity index is 1.66. The molecule has 0 aliphatic carbocycles. The third kappa shape index (κ3) is 3.85. The summed E-state index contributed by atoms with van der Waals surface area (Å²) < 4.78 is 11.2. The fourth-order valence-corrected chi connectivity index (χ4v) is 3.06. The molecule has 0 bridgehead atoms. The van der Waals surface area contributed by atoms with Crippen molar-refractivity contribution in [1.82, 2.24) is 9.88 Å². The maximum atomic E-state index is 12.6. The van der Waals surface area contributed by atoms with Gasteiger partial charge in [0, 0.05) is 18.1 Å². The highest BCUT2D eigenvalue weighted by Gasteiger charge is 2.27. The molecule has 1 N–H and O–H groups in total. The van der Waals surface area contributed by atoms with E-state index in [1.807, 2.05) is 17.5 Å². The van der Waals surface area contributed by atoms with Crippen molar-refractivity contribution in [2.24, 2.45) is 0 Å². The molecule has 0 radical (unpaired) electrons. The molecule has 1 aliphatic rings. The Morgan fingerprint density at radius 3 is 3.21 bits per heavy atom. The number of carbonyl (C=O) groups is 1. The number of amides is 2. The van der Waals surface area contributed by atoms with Gasteiger partial charge >= 0.3 is 6.03 Å². The number of carbonyl (C=O) groups excluding carboxylic acids is 1. The molecule has 24 heavy (non-hydrogen) atoms. The van der Waals surface area contributed by atoms with E-state index in [-0.39, 0.29) is 18.7 Å². The first-order chi connectivity index (χ1) is 11.8. The van der Waals surface area contributed by atoms with E-state index >= 15 is 0 Å². The van der Waals surface area contributed by atoms with Crippen LogP contribution in [-0.2, 0) is 4.74 Å². The largest absolute Gasteiger partial charge is 0.479 e. The molecule has 1 atom stereocenters. The topological polar surface area (TPSA) is 63.7 Å². The van der Waals surface area contributed by atoms with Gasteiger partial charge in [0.05, 0.1) is 18.8 Å². The van der Waals surface area contributed by atoms with E-state index in [1.54, 1.807) is 23.2 Å². The van der Waals surface area contributed by atoms with Crippen molar-refractivity contribution in [1.29, 1.82) is 0 Å². The molecule has 2 heterocycles. The highest BCUT2D eigenvalue weighted by atomic mass is 32.1. The summed E-state index contributed by atoms with van der Waals surface area (Å²) in [5.74, 6) is 2.96. The van der Waals surface area contributed by atoms with Crippen molar-refractivity contribution >= 4 is 23.1 Å². The summed E-state index contributed by atoms with van der Waals surface area (Å²) in [6.07, 6.45) is 6.77. The van der Waals surface area contributed by atoms with E-state index in [0.717, 1.165) is 5.01 Å². The standard InChI is InChI=1S/C17H17N3O3S/c1-2-9-22-14-6-4-3-5-13(14)19-17(21)20-8-10-23-15(12-20)16-18-7-11-24-16/h1,3-7,11,15H,8-10,12H2,(H,19,21)/t15-/m1/s1. The number of urea groups is 1. The quantitative estimate of drug-likeness (QED) is 0.867. The Bertz CT molecular complexity index is 727. The van der Waals surface area contributed by atoms with Crippen molar-refractivity contribution in [2.45, 2.75) is 6.10 Å². The molecule has 7 heteroatoms. The Kier molecular flexibility index (Phi) is 5.31. The number of nitrogens with zero attached hydrogens (tertiary/aromatic N) is 2. The molecule has 2 amide bonds. The third-order valence-electron chi connectivity index (χ3n) is 3.52. The van der Waals surface area contributed by atoms with Crippen LogP contribution >= 0.6 is 11.3 Å². The molecule has 1 aromatic heterocycles. The number of nitrogens with one attached hydrogen (secondary N) is 1. The van der Waals surface area contributed by atoms with Crippen molar-refractivity contribution in [3.63, 3.8) is 0 Å². The summed E-state index contributed by atoms with van der Waals surface area (Å²) >= 11 is 1.53. The molecule has 1 aromatic carbocycles. The van der Waals surface area contributed by atoms with E-state index in [9.17, 15) is 4.79 Å². The lowest BCUT2D eigenvalue weighted by Crippen LogP contribution is -2.44. The highest BCUT2D eigenvalue weighted by molar-refractivity contribution is 7.09. The number of terminal acetylenes is 1. The van der Waals surface area contributed by atoms with Gasteiger partial charge in [-0.05, 0) is 12.1 Å². The number of ether oxygens (including phenoxy) is 2. The van der Waals surface area contributed by atoms with E-state index < -0.39 is 0 Å². The van der Waals surface area contributed by atoms with Gasteiger partial charge in [0.15, 0.2) is 0 Å². The Labute approximate surface area is 144 Å². The second-order valence-corrected chi connectivity index (χ2v) is 6.02. The van der Waals surface area contributed by atoms with Crippen molar-refractivity contribution in [3.05, 3.63) is 40.8 Å². The zero-order valence-corrected chi connectivity index (χ0v) is 13.8. The number of rotatable bonds is 4. The van der Waals surface area contributed by atoms with E-state index in [1.165, 1.54) is 11.3 Å². The molecule has 1 fully saturated rings. The number of anilines is 1. The maximum Gasteiger partial charge on any atom is 0.322 e. The van der Waals surface area contributed by atoms with Crippen LogP contribution in [0.4, 0.5) is 10.5 Å². The minimum atomic E-state index is -0.198. The Morgan fingerprint density at radius 2 is 2.42 bits per heavy atom. The average Bonchev–Trinajstić information content (AvgIpc) is 3.16. The fourth-order valence-electron chi connectivity index (χ4n) is 2.39. The molecule has 3 rings (SSSR count). The van der Waals surface area contributed by atoms with Gasteiger partial charge in [0.2, 0.25) is 0 Å². The predicted molar refractivity (Wildman–Crippen MR) is 92.2 cm³/mol. The molecule has 1 aliphatic heterocycles. The maximum absolute atomic E-state index is 12.6. The first-order valence-corrected chi connectivity index (χ1v) is 8.38. The average molecular weight is 343 g/mol. The van der Waals surface area contributed by atoms with Crippen LogP contribution in [0.15, 0.2) is 35.8 Å². The first kappa shape index (κ1) is 16.3. The van der Waals surface area contributed by atoms with Crippen molar-refractivity contribution in [2.75, 3.05) is 31.6 Å². The molecule has 1 saturated heterocycles. The predicted octanol–water partition coefficient (Wildman–Crippen LogP) is 2.76. The van der Waals surface area contributed by atoms with Gasteiger partial charge in [0.1, 0.15) is 23.5 Å². The number of thiazole rings is 1. The van der Waals surface area contributed by atoms with Gasteiger partial charge < -0.3 is 19.7 Å². The SMILES string of the molecule is C#CCOc1ccccc1NC(=O)N1CCO[C@@H](c2nccs2)C1. The number of hydrogen-bond donors (Lipinski definition) is 1. The van der Waals surface area contributed by atoms with Crippen LogP contribution in [-0.4, -0.2) is 42.2 Å².